The van der Waals surface area contributed by atoms with Crippen molar-refractivity contribution in [2.24, 2.45) is 0 Å². The molecule has 0 fully saturated rings. The molecule has 8 heavy (non-hydrogen) atoms. The SMILES string of the molecule is C=COC(C)=CCC. The summed E-state index contributed by atoms with van der Waals surface area (Å²) in [5, 5.41) is 0. The lowest BCUT2D eigenvalue weighted by atomic mass is 10.4. The number of hydrogen-bond acceptors (Lipinski definition) is 1. The molecule has 1 nitrogen and oxygen atoms in total. The van der Waals surface area contributed by atoms with Crippen molar-refractivity contribution in [3.63, 3.8) is 0 Å². The summed E-state index contributed by atoms with van der Waals surface area (Å²) in [7, 11) is 0. The highest BCUT2D eigenvalue weighted by molar-refractivity contribution is 4.88. The first-order valence-corrected chi connectivity index (χ1v) is 2.75. The van der Waals surface area contributed by atoms with E-state index in [0.717, 1.165) is 12.2 Å². The average Bonchev–Trinajstić information content (AvgIpc) is 1.68. The summed E-state index contributed by atoms with van der Waals surface area (Å²) < 4.78 is 4.91. The first-order valence-electron chi connectivity index (χ1n) is 2.75. The van der Waals surface area contributed by atoms with Gasteiger partial charge in [-0.05, 0) is 19.4 Å². The Labute approximate surface area is 50.7 Å². The van der Waals surface area contributed by atoms with E-state index in [0.29, 0.717) is 0 Å². The fraction of sp³-hybridized carbons (Fsp3) is 0.429. The number of rotatable bonds is 3. The highest BCUT2D eigenvalue weighted by Crippen LogP contribution is 1.95. The zero-order valence-electron chi connectivity index (χ0n) is 5.48. The molecule has 0 aromatic rings. The number of allylic oxidation sites excluding steroid dienone is 2. The Kier molecular flexibility index (Phi) is 4.04. The van der Waals surface area contributed by atoms with E-state index in [4.69, 9.17) is 4.74 Å². The van der Waals surface area contributed by atoms with Gasteiger partial charge in [-0.15, -0.1) is 0 Å². The average molecular weight is 112 g/mol. The molecule has 0 spiro atoms. The van der Waals surface area contributed by atoms with Crippen LogP contribution in [0.15, 0.2) is 24.7 Å². The van der Waals surface area contributed by atoms with Gasteiger partial charge in [0, 0.05) is 0 Å². The van der Waals surface area contributed by atoms with E-state index in [2.05, 4.69) is 13.5 Å². The lowest BCUT2D eigenvalue weighted by Crippen LogP contribution is -1.74. The molecule has 1 heteroatoms. The maximum atomic E-state index is 4.91. The second kappa shape index (κ2) is 4.44. The summed E-state index contributed by atoms with van der Waals surface area (Å²) in [5.74, 6) is 0.919. The van der Waals surface area contributed by atoms with E-state index in [9.17, 15) is 0 Å². The van der Waals surface area contributed by atoms with Gasteiger partial charge in [0.15, 0.2) is 0 Å². The normalized spacial score (nSPS) is 11.0. The molecule has 0 bridgehead atoms. The van der Waals surface area contributed by atoms with Crippen LogP contribution in [0.25, 0.3) is 0 Å². The van der Waals surface area contributed by atoms with Crippen molar-refractivity contribution in [1.29, 1.82) is 0 Å². The van der Waals surface area contributed by atoms with E-state index in [1.165, 1.54) is 6.26 Å². The van der Waals surface area contributed by atoms with Gasteiger partial charge in [0.25, 0.3) is 0 Å². The van der Waals surface area contributed by atoms with Gasteiger partial charge in [0.1, 0.15) is 0 Å². The van der Waals surface area contributed by atoms with Gasteiger partial charge in [-0.2, -0.15) is 0 Å². The Morgan fingerprint density at radius 1 is 1.75 bits per heavy atom. The third kappa shape index (κ3) is 3.47. The number of ether oxygens (including phenoxy) is 1. The Morgan fingerprint density at radius 3 is 2.75 bits per heavy atom. The van der Waals surface area contributed by atoms with Crippen LogP contribution in [0.4, 0.5) is 0 Å². The topological polar surface area (TPSA) is 9.23 Å². The summed E-state index contributed by atoms with van der Waals surface area (Å²) >= 11 is 0. The van der Waals surface area contributed by atoms with Crippen molar-refractivity contribution in [1.82, 2.24) is 0 Å². The van der Waals surface area contributed by atoms with Crippen molar-refractivity contribution < 1.29 is 4.74 Å². The Hall–Kier alpha value is -0.720. The summed E-state index contributed by atoms with van der Waals surface area (Å²) in [6, 6.07) is 0. The fourth-order valence-electron chi connectivity index (χ4n) is 0.467. The quantitative estimate of drug-likeness (QED) is 0.509. The van der Waals surface area contributed by atoms with Crippen LogP contribution in [0.2, 0.25) is 0 Å². The van der Waals surface area contributed by atoms with Crippen molar-refractivity contribution in [2.45, 2.75) is 20.3 Å². The van der Waals surface area contributed by atoms with Gasteiger partial charge < -0.3 is 4.74 Å². The highest BCUT2D eigenvalue weighted by atomic mass is 16.5. The van der Waals surface area contributed by atoms with Gasteiger partial charge in [0.2, 0.25) is 0 Å². The van der Waals surface area contributed by atoms with Crippen LogP contribution in [0, 0.1) is 0 Å². The second-order valence-corrected chi connectivity index (χ2v) is 1.51. The van der Waals surface area contributed by atoms with Crippen LogP contribution in [0.3, 0.4) is 0 Å². The minimum atomic E-state index is 0.919. The van der Waals surface area contributed by atoms with Crippen molar-refractivity contribution in [3.05, 3.63) is 24.7 Å². The Bertz CT molecular complexity index is 92.6. The van der Waals surface area contributed by atoms with Gasteiger partial charge in [-0.25, -0.2) is 0 Å². The van der Waals surface area contributed by atoms with Crippen molar-refractivity contribution in [3.8, 4) is 0 Å². The Balaban J connectivity index is 3.44. The first kappa shape index (κ1) is 7.28. The van der Waals surface area contributed by atoms with Gasteiger partial charge in [0.05, 0.1) is 12.0 Å². The molecule has 0 aromatic carbocycles. The zero-order valence-corrected chi connectivity index (χ0v) is 5.48. The maximum Gasteiger partial charge on any atom is 0.0960 e. The minimum Gasteiger partial charge on any atom is -0.471 e. The van der Waals surface area contributed by atoms with E-state index in [1.807, 2.05) is 13.0 Å². The molecule has 0 saturated heterocycles. The van der Waals surface area contributed by atoms with Gasteiger partial charge in [-0.3, -0.25) is 0 Å². The van der Waals surface area contributed by atoms with Gasteiger partial charge in [-0.1, -0.05) is 13.5 Å². The molecular weight excluding hydrogens is 100 g/mol. The molecule has 0 unspecified atom stereocenters. The summed E-state index contributed by atoms with van der Waals surface area (Å²) in [5.41, 5.74) is 0. The smallest absolute Gasteiger partial charge is 0.0960 e. The van der Waals surface area contributed by atoms with Crippen LogP contribution in [0.1, 0.15) is 20.3 Å². The summed E-state index contributed by atoms with van der Waals surface area (Å²) in [6.07, 6.45) is 4.45. The predicted molar refractivity (Wildman–Crippen MR) is 35.3 cm³/mol. The molecule has 0 rings (SSSR count). The second-order valence-electron chi connectivity index (χ2n) is 1.51. The van der Waals surface area contributed by atoms with E-state index < -0.39 is 0 Å². The molecule has 0 aliphatic heterocycles. The lowest BCUT2D eigenvalue weighted by Gasteiger charge is -1.94. The molecule has 0 saturated carbocycles. The van der Waals surface area contributed by atoms with E-state index in [1.54, 1.807) is 0 Å². The van der Waals surface area contributed by atoms with Gasteiger partial charge >= 0.3 is 0 Å². The molecule has 0 heterocycles. The largest absolute Gasteiger partial charge is 0.471 e. The molecule has 0 N–H and O–H groups in total. The molecule has 0 aromatic heterocycles. The number of hydrogen-bond donors (Lipinski definition) is 0. The van der Waals surface area contributed by atoms with Crippen molar-refractivity contribution in [2.75, 3.05) is 0 Å². The maximum absolute atomic E-state index is 4.91. The van der Waals surface area contributed by atoms with Crippen LogP contribution in [-0.2, 0) is 4.74 Å². The standard InChI is InChI=1S/C7H12O/c1-4-6-7(3)8-5-2/h5-6H,2,4H2,1,3H3. The third-order valence-electron chi connectivity index (χ3n) is 0.761. The van der Waals surface area contributed by atoms with Crippen LogP contribution in [-0.4, -0.2) is 0 Å². The lowest BCUT2D eigenvalue weighted by molar-refractivity contribution is 0.353. The van der Waals surface area contributed by atoms with Crippen LogP contribution < -0.4 is 0 Å². The molecule has 0 radical (unpaired) electrons. The molecule has 0 aliphatic carbocycles. The first-order chi connectivity index (χ1) is 3.81. The van der Waals surface area contributed by atoms with Crippen LogP contribution >= 0.6 is 0 Å². The monoisotopic (exact) mass is 112 g/mol. The molecule has 0 amide bonds. The molecule has 0 atom stereocenters. The fourth-order valence-corrected chi connectivity index (χ4v) is 0.467. The molecule has 0 aliphatic rings. The Morgan fingerprint density at radius 2 is 2.38 bits per heavy atom. The zero-order chi connectivity index (χ0) is 6.41. The third-order valence-corrected chi connectivity index (χ3v) is 0.761. The van der Waals surface area contributed by atoms with Crippen LogP contribution in [0.5, 0.6) is 0 Å². The van der Waals surface area contributed by atoms with E-state index >= 15 is 0 Å². The molecule has 46 valence electrons. The molecular formula is C7H12O. The summed E-state index contributed by atoms with van der Waals surface area (Å²) in [4.78, 5) is 0. The van der Waals surface area contributed by atoms with Crippen molar-refractivity contribution >= 4 is 0 Å². The summed E-state index contributed by atoms with van der Waals surface area (Å²) in [6.45, 7) is 7.39. The highest BCUT2D eigenvalue weighted by Gasteiger charge is 1.78. The minimum absolute atomic E-state index is 0.919. The predicted octanol–water partition coefficient (Wildman–Crippen LogP) is 2.46. The van der Waals surface area contributed by atoms with E-state index in [-0.39, 0.29) is 0 Å².